The van der Waals surface area contributed by atoms with Crippen molar-refractivity contribution >= 4 is 5.91 Å². The third kappa shape index (κ3) is 2.77. The van der Waals surface area contributed by atoms with E-state index in [1.54, 1.807) is 6.08 Å². The number of nitrogens with zero attached hydrogens (tertiary/aromatic N) is 1. The topological polar surface area (TPSA) is 40.5 Å². The lowest BCUT2D eigenvalue weighted by Crippen LogP contribution is -2.52. The first-order chi connectivity index (χ1) is 8.24. The summed E-state index contributed by atoms with van der Waals surface area (Å²) in [5.74, 6) is -0.338. The highest BCUT2D eigenvalue weighted by molar-refractivity contribution is 5.80. The Labute approximate surface area is 111 Å². The molecule has 0 saturated carbocycles. The average Bonchev–Trinajstić information content (AvgIpc) is 2.79. The van der Waals surface area contributed by atoms with Crippen LogP contribution in [0.5, 0.6) is 0 Å². The third-order valence-electron chi connectivity index (χ3n) is 4.07. The minimum Gasteiger partial charge on any atom is -0.384 e. The molecule has 18 heavy (non-hydrogen) atoms. The Hall–Kier alpha value is -0.830. The van der Waals surface area contributed by atoms with Crippen molar-refractivity contribution < 1.29 is 9.90 Å². The van der Waals surface area contributed by atoms with Gasteiger partial charge < -0.3 is 10.0 Å². The molecule has 0 aromatic heterocycles. The number of hydrogen-bond acceptors (Lipinski definition) is 2. The van der Waals surface area contributed by atoms with Gasteiger partial charge in [0.1, 0.15) is 0 Å². The number of amides is 1. The maximum Gasteiger partial charge on any atom is 0.228 e. The first-order valence-corrected chi connectivity index (χ1v) is 6.89. The molecule has 0 bridgehead atoms. The van der Waals surface area contributed by atoms with Gasteiger partial charge in [-0.25, -0.2) is 0 Å². The maximum atomic E-state index is 12.4. The zero-order valence-electron chi connectivity index (χ0n) is 12.4. The van der Waals surface area contributed by atoms with Crippen LogP contribution in [-0.2, 0) is 4.79 Å². The number of likely N-dealkylation sites (tertiary alicyclic amines) is 1. The molecular weight excluding hydrogens is 226 g/mol. The molecule has 1 aliphatic rings. The van der Waals surface area contributed by atoms with Crippen LogP contribution in [0.15, 0.2) is 12.2 Å². The molecule has 0 aromatic rings. The monoisotopic (exact) mass is 253 g/mol. The molecule has 1 amide bonds. The number of carbonyl (C=O) groups is 1. The van der Waals surface area contributed by atoms with E-state index in [1.165, 1.54) is 0 Å². The van der Waals surface area contributed by atoms with Crippen molar-refractivity contribution in [2.75, 3.05) is 13.1 Å². The van der Waals surface area contributed by atoms with Gasteiger partial charge in [-0.05, 0) is 25.2 Å². The summed E-state index contributed by atoms with van der Waals surface area (Å²) in [5, 5.41) is 10.9. The van der Waals surface area contributed by atoms with Gasteiger partial charge in [0.05, 0.1) is 11.5 Å². The van der Waals surface area contributed by atoms with Gasteiger partial charge in [0, 0.05) is 13.1 Å². The fourth-order valence-corrected chi connectivity index (χ4v) is 2.70. The third-order valence-corrected chi connectivity index (χ3v) is 4.07. The van der Waals surface area contributed by atoms with Crippen molar-refractivity contribution in [2.45, 2.75) is 53.1 Å². The van der Waals surface area contributed by atoms with E-state index in [0.29, 0.717) is 0 Å². The second-order valence-electron chi connectivity index (χ2n) is 6.33. The molecule has 3 heteroatoms. The molecule has 1 heterocycles. The Kier molecular flexibility index (Phi) is 4.60. The second-order valence-corrected chi connectivity index (χ2v) is 6.33. The molecule has 104 valence electrons. The number of hydrogen-bond donors (Lipinski definition) is 1. The summed E-state index contributed by atoms with van der Waals surface area (Å²) in [5.41, 5.74) is -1.46. The zero-order valence-corrected chi connectivity index (χ0v) is 12.4. The minimum absolute atomic E-state index is 0.0722. The van der Waals surface area contributed by atoms with Gasteiger partial charge in [-0.1, -0.05) is 39.8 Å². The first-order valence-electron chi connectivity index (χ1n) is 6.89. The van der Waals surface area contributed by atoms with E-state index < -0.39 is 11.5 Å². The van der Waals surface area contributed by atoms with Gasteiger partial charge in [-0.2, -0.15) is 0 Å². The summed E-state index contributed by atoms with van der Waals surface area (Å²) in [4.78, 5) is 14.3. The molecule has 1 aliphatic heterocycles. The molecule has 0 spiro atoms. The molecule has 1 N–H and O–H groups in total. The highest BCUT2D eigenvalue weighted by Gasteiger charge is 2.46. The van der Waals surface area contributed by atoms with Crippen LogP contribution in [-0.4, -0.2) is 34.6 Å². The molecule has 2 unspecified atom stereocenters. The number of allylic oxidation sites excluding steroid dienone is 1. The van der Waals surface area contributed by atoms with Gasteiger partial charge in [-0.3, -0.25) is 4.79 Å². The van der Waals surface area contributed by atoms with Gasteiger partial charge in [0.2, 0.25) is 5.91 Å². The summed E-state index contributed by atoms with van der Waals surface area (Å²) in [6.45, 7) is 11.3. The second kappa shape index (κ2) is 5.43. The Morgan fingerprint density at radius 3 is 2.17 bits per heavy atom. The summed E-state index contributed by atoms with van der Waals surface area (Å²) >= 11 is 0. The number of carbonyl (C=O) groups excluding carboxylic acids is 1. The summed E-state index contributed by atoms with van der Waals surface area (Å²) in [6, 6.07) is 0. The fourth-order valence-electron chi connectivity index (χ4n) is 2.70. The van der Waals surface area contributed by atoms with E-state index in [0.717, 1.165) is 25.9 Å². The van der Waals surface area contributed by atoms with Gasteiger partial charge >= 0.3 is 0 Å². The van der Waals surface area contributed by atoms with Crippen molar-refractivity contribution in [2.24, 2.45) is 11.3 Å². The normalized spacial score (nSPS) is 22.2. The Morgan fingerprint density at radius 1 is 1.28 bits per heavy atom. The van der Waals surface area contributed by atoms with Crippen molar-refractivity contribution in [3.63, 3.8) is 0 Å². The standard InChI is InChI=1S/C15H27NO2/c1-6-9-15(18,14(3,4)5)12(2)13(17)16-10-7-8-11-16/h6,9,12,18H,7-8,10-11H2,1-5H3/b9-6+. The average molecular weight is 253 g/mol. The van der Waals surface area contributed by atoms with Crippen molar-refractivity contribution in [1.29, 1.82) is 0 Å². The Bertz CT molecular complexity index is 324. The lowest BCUT2D eigenvalue weighted by molar-refractivity contribution is -0.147. The van der Waals surface area contributed by atoms with Crippen LogP contribution in [0.3, 0.4) is 0 Å². The van der Waals surface area contributed by atoms with Crippen LogP contribution in [0, 0.1) is 11.3 Å². The molecule has 0 aromatic carbocycles. The molecule has 3 nitrogen and oxygen atoms in total. The predicted octanol–water partition coefficient (Wildman–Crippen LogP) is 2.60. The van der Waals surface area contributed by atoms with Crippen LogP contribution >= 0.6 is 0 Å². The van der Waals surface area contributed by atoms with Crippen LogP contribution in [0.25, 0.3) is 0 Å². The summed E-state index contributed by atoms with van der Waals surface area (Å²) < 4.78 is 0. The van der Waals surface area contributed by atoms with Crippen LogP contribution in [0.4, 0.5) is 0 Å². The van der Waals surface area contributed by atoms with Gasteiger partial charge in [0.25, 0.3) is 0 Å². The molecular formula is C15H27NO2. The number of rotatable bonds is 3. The molecule has 1 rings (SSSR count). The quantitative estimate of drug-likeness (QED) is 0.785. The summed E-state index contributed by atoms with van der Waals surface area (Å²) in [6.07, 6.45) is 5.76. The molecule has 0 radical (unpaired) electrons. The molecule has 1 fully saturated rings. The Morgan fingerprint density at radius 2 is 1.78 bits per heavy atom. The van der Waals surface area contributed by atoms with E-state index in [1.807, 2.05) is 45.6 Å². The van der Waals surface area contributed by atoms with Crippen molar-refractivity contribution in [1.82, 2.24) is 4.90 Å². The van der Waals surface area contributed by atoms with Gasteiger partial charge in [0.15, 0.2) is 0 Å². The van der Waals surface area contributed by atoms with Crippen molar-refractivity contribution in [3.8, 4) is 0 Å². The zero-order chi connectivity index (χ0) is 14.0. The van der Waals surface area contributed by atoms with Gasteiger partial charge in [-0.15, -0.1) is 0 Å². The number of aliphatic hydroxyl groups is 1. The maximum absolute atomic E-state index is 12.4. The smallest absolute Gasteiger partial charge is 0.228 e. The SMILES string of the molecule is C/C=C/C(O)(C(C)C(=O)N1CCCC1)C(C)(C)C. The summed E-state index contributed by atoms with van der Waals surface area (Å²) in [7, 11) is 0. The van der Waals surface area contributed by atoms with E-state index >= 15 is 0 Å². The largest absolute Gasteiger partial charge is 0.384 e. The predicted molar refractivity (Wildman–Crippen MR) is 74.2 cm³/mol. The minimum atomic E-state index is -1.10. The molecule has 0 aliphatic carbocycles. The van der Waals surface area contributed by atoms with E-state index in [9.17, 15) is 9.90 Å². The highest BCUT2D eigenvalue weighted by atomic mass is 16.3. The Balaban J connectivity index is 2.95. The van der Waals surface area contributed by atoms with E-state index in [-0.39, 0.29) is 11.3 Å². The molecule has 1 saturated heterocycles. The lowest BCUT2D eigenvalue weighted by atomic mass is 9.68. The van der Waals surface area contributed by atoms with Crippen molar-refractivity contribution in [3.05, 3.63) is 12.2 Å². The lowest BCUT2D eigenvalue weighted by Gasteiger charge is -2.43. The van der Waals surface area contributed by atoms with E-state index in [2.05, 4.69) is 0 Å². The first kappa shape index (κ1) is 15.2. The van der Waals surface area contributed by atoms with Crippen LogP contribution in [0.2, 0.25) is 0 Å². The fraction of sp³-hybridized carbons (Fsp3) is 0.800. The van der Waals surface area contributed by atoms with Crippen LogP contribution < -0.4 is 0 Å². The molecule has 2 atom stereocenters. The highest BCUT2D eigenvalue weighted by Crippen LogP contribution is 2.39. The van der Waals surface area contributed by atoms with Crippen LogP contribution in [0.1, 0.15) is 47.5 Å². The van der Waals surface area contributed by atoms with E-state index in [4.69, 9.17) is 0 Å².